The van der Waals surface area contributed by atoms with E-state index in [9.17, 15) is 9.59 Å². The van der Waals surface area contributed by atoms with E-state index in [2.05, 4.69) is 0 Å². The van der Waals surface area contributed by atoms with Gasteiger partial charge in [0.05, 0.1) is 12.2 Å². The van der Waals surface area contributed by atoms with Gasteiger partial charge in [-0.3, -0.25) is 9.59 Å². The highest BCUT2D eigenvalue weighted by Crippen LogP contribution is 2.35. The fraction of sp³-hybridized carbons (Fsp3) is 0.867. The number of amides is 2. The minimum atomic E-state index is -0.230. The fourth-order valence-electron chi connectivity index (χ4n) is 3.92. The number of ether oxygens (including phenoxy) is 1. The highest BCUT2D eigenvalue weighted by atomic mass is 16.5. The number of morpholine rings is 1. The molecule has 0 radical (unpaired) electrons. The van der Waals surface area contributed by atoms with Crippen LogP contribution in [0.5, 0.6) is 0 Å². The average Bonchev–Trinajstić information content (AvgIpc) is 2.96. The van der Waals surface area contributed by atoms with Crippen LogP contribution in [0.15, 0.2) is 0 Å². The maximum absolute atomic E-state index is 12.7. The molecule has 0 N–H and O–H groups in total. The minimum absolute atomic E-state index is 0.100. The number of carbonyl (C=O) groups is 2. The minimum Gasteiger partial charge on any atom is -0.371 e. The largest absolute Gasteiger partial charge is 0.371 e. The van der Waals surface area contributed by atoms with Gasteiger partial charge < -0.3 is 14.5 Å². The van der Waals surface area contributed by atoms with Crippen molar-refractivity contribution in [1.82, 2.24) is 9.80 Å². The van der Waals surface area contributed by atoms with Crippen LogP contribution < -0.4 is 0 Å². The summed E-state index contributed by atoms with van der Waals surface area (Å²) in [6.07, 6.45) is 8.38. The van der Waals surface area contributed by atoms with Crippen molar-refractivity contribution in [3.63, 3.8) is 0 Å². The number of carbonyl (C=O) groups excluding carboxylic acids is 2. The number of nitrogens with zero attached hydrogens (tertiary/aromatic N) is 2. The van der Waals surface area contributed by atoms with Gasteiger partial charge in [0.1, 0.15) is 6.04 Å². The molecular formula is C15H24N2O3. The van der Waals surface area contributed by atoms with E-state index in [4.69, 9.17) is 4.74 Å². The Labute approximate surface area is 120 Å². The maximum atomic E-state index is 12.7. The van der Waals surface area contributed by atoms with Gasteiger partial charge in [0.25, 0.3) is 0 Å². The van der Waals surface area contributed by atoms with E-state index in [0.29, 0.717) is 13.2 Å². The number of hydrogen-bond acceptors (Lipinski definition) is 3. The number of hydrogen-bond donors (Lipinski definition) is 0. The summed E-state index contributed by atoms with van der Waals surface area (Å²) in [5, 5.41) is 0. The van der Waals surface area contributed by atoms with Gasteiger partial charge in [0, 0.05) is 19.6 Å². The van der Waals surface area contributed by atoms with Crippen molar-refractivity contribution >= 4 is 12.3 Å². The Bertz CT molecular complexity index is 374. The SMILES string of the molecule is O=CN1CCC[C@H]1C(=O)N1CCOC2(CCCCC2)C1. The number of likely N-dealkylation sites (tertiary alicyclic amines) is 1. The highest BCUT2D eigenvalue weighted by Gasteiger charge is 2.42. The van der Waals surface area contributed by atoms with Crippen molar-refractivity contribution < 1.29 is 14.3 Å². The van der Waals surface area contributed by atoms with E-state index in [1.807, 2.05) is 4.90 Å². The molecule has 0 aromatic rings. The monoisotopic (exact) mass is 280 g/mol. The highest BCUT2D eigenvalue weighted by molar-refractivity contribution is 5.84. The van der Waals surface area contributed by atoms with E-state index < -0.39 is 0 Å². The molecule has 5 heteroatoms. The van der Waals surface area contributed by atoms with E-state index in [1.54, 1.807) is 4.90 Å². The summed E-state index contributed by atoms with van der Waals surface area (Å²) in [5.41, 5.74) is -0.100. The third kappa shape index (κ3) is 2.55. The molecule has 112 valence electrons. The zero-order valence-electron chi connectivity index (χ0n) is 12.1. The summed E-state index contributed by atoms with van der Waals surface area (Å²) >= 11 is 0. The van der Waals surface area contributed by atoms with Crippen molar-refractivity contribution in [2.45, 2.75) is 56.6 Å². The van der Waals surface area contributed by atoms with Crippen LogP contribution in [0, 0.1) is 0 Å². The molecule has 2 amide bonds. The molecule has 5 nitrogen and oxygen atoms in total. The summed E-state index contributed by atoms with van der Waals surface area (Å²) in [7, 11) is 0. The summed E-state index contributed by atoms with van der Waals surface area (Å²) in [6, 6.07) is -0.230. The van der Waals surface area contributed by atoms with Crippen molar-refractivity contribution in [2.75, 3.05) is 26.2 Å². The van der Waals surface area contributed by atoms with Crippen LogP contribution in [-0.4, -0.2) is 60.0 Å². The first-order valence-corrected chi connectivity index (χ1v) is 7.88. The summed E-state index contributed by atoms with van der Waals surface area (Å²) < 4.78 is 6.03. The van der Waals surface area contributed by atoms with Gasteiger partial charge in [-0.1, -0.05) is 19.3 Å². The molecular weight excluding hydrogens is 256 g/mol. The molecule has 3 rings (SSSR count). The van der Waals surface area contributed by atoms with Crippen molar-refractivity contribution in [3.05, 3.63) is 0 Å². The zero-order valence-corrected chi connectivity index (χ0v) is 12.1. The molecule has 2 saturated heterocycles. The van der Waals surface area contributed by atoms with E-state index in [0.717, 1.165) is 45.2 Å². The second-order valence-electron chi connectivity index (χ2n) is 6.35. The Hall–Kier alpha value is -1.10. The van der Waals surface area contributed by atoms with Crippen LogP contribution in [0.3, 0.4) is 0 Å². The molecule has 1 saturated carbocycles. The lowest BCUT2D eigenvalue weighted by Crippen LogP contribution is -2.57. The molecule has 20 heavy (non-hydrogen) atoms. The lowest BCUT2D eigenvalue weighted by atomic mass is 9.83. The normalized spacial score (nSPS) is 29.7. The molecule has 0 bridgehead atoms. The molecule has 1 atom stereocenters. The van der Waals surface area contributed by atoms with Crippen LogP contribution in [0.1, 0.15) is 44.9 Å². The summed E-state index contributed by atoms with van der Waals surface area (Å²) in [6.45, 7) is 2.74. The van der Waals surface area contributed by atoms with Gasteiger partial charge in [0.2, 0.25) is 12.3 Å². The van der Waals surface area contributed by atoms with Crippen molar-refractivity contribution in [3.8, 4) is 0 Å². The lowest BCUT2D eigenvalue weighted by Gasteiger charge is -2.45. The Kier molecular flexibility index (Phi) is 3.96. The van der Waals surface area contributed by atoms with Gasteiger partial charge >= 0.3 is 0 Å². The van der Waals surface area contributed by atoms with Crippen LogP contribution in [0.4, 0.5) is 0 Å². The molecule has 2 aliphatic heterocycles. The molecule has 0 unspecified atom stereocenters. The van der Waals surface area contributed by atoms with Gasteiger partial charge in [-0.15, -0.1) is 0 Å². The predicted molar refractivity (Wildman–Crippen MR) is 74.1 cm³/mol. The second-order valence-corrected chi connectivity index (χ2v) is 6.35. The number of rotatable bonds is 2. The zero-order chi connectivity index (χ0) is 14.0. The standard InChI is InChI=1S/C15H24N2O3/c18-12-17-8-4-5-13(17)14(19)16-9-10-20-15(11-16)6-2-1-3-7-15/h12-13H,1-11H2/t13-/m0/s1. The second kappa shape index (κ2) is 5.72. The van der Waals surface area contributed by atoms with E-state index in [1.165, 1.54) is 19.3 Å². The average molecular weight is 280 g/mol. The molecule has 3 aliphatic rings. The van der Waals surface area contributed by atoms with Crippen LogP contribution in [0.2, 0.25) is 0 Å². The molecule has 3 fully saturated rings. The topological polar surface area (TPSA) is 49.9 Å². The third-order valence-corrected chi connectivity index (χ3v) is 5.04. The first-order chi connectivity index (χ1) is 9.74. The van der Waals surface area contributed by atoms with E-state index >= 15 is 0 Å². The maximum Gasteiger partial charge on any atom is 0.245 e. The van der Waals surface area contributed by atoms with Crippen LogP contribution >= 0.6 is 0 Å². The molecule has 0 aromatic carbocycles. The van der Waals surface area contributed by atoms with Gasteiger partial charge in [-0.25, -0.2) is 0 Å². The predicted octanol–water partition coefficient (Wildman–Crippen LogP) is 1.17. The Morgan fingerprint density at radius 2 is 1.95 bits per heavy atom. The summed E-state index contributed by atoms with van der Waals surface area (Å²) in [5.74, 6) is 0.128. The lowest BCUT2D eigenvalue weighted by molar-refractivity contribution is -0.160. The fourth-order valence-corrected chi connectivity index (χ4v) is 3.92. The molecule has 1 spiro atoms. The first kappa shape index (κ1) is 13.9. The van der Waals surface area contributed by atoms with Crippen molar-refractivity contribution in [1.29, 1.82) is 0 Å². The molecule has 2 heterocycles. The van der Waals surface area contributed by atoms with Gasteiger partial charge in [0.15, 0.2) is 0 Å². The van der Waals surface area contributed by atoms with Crippen LogP contribution in [-0.2, 0) is 14.3 Å². The first-order valence-electron chi connectivity index (χ1n) is 7.88. The Morgan fingerprint density at radius 3 is 2.70 bits per heavy atom. The quantitative estimate of drug-likeness (QED) is 0.713. The van der Waals surface area contributed by atoms with Gasteiger partial charge in [-0.2, -0.15) is 0 Å². The third-order valence-electron chi connectivity index (χ3n) is 5.04. The van der Waals surface area contributed by atoms with Crippen molar-refractivity contribution in [2.24, 2.45) is 0 Å². The molecule has 0 aromatic heterocycles. The Balaban J connectivity index is 1.67. The van der Waals surface area contributed by atoms with Gasteiger partial charge in [-0.05, 0) is 25.7 Å². The van der Waals surface area contributed by atoms with Crippen LogP contribution in [0.25, 0.3) is 0 Å². The smallest absolute Gasteiger partial charge is 0.245 e. The Morgan fingerprint density at radius 1 is 1.15 bits per heavy atom. The summed E-state index contributed by atoms with van der Waals surface area (Å²) in [4.78, 5) is 27.3. The molecule has 1 aliphatic carbocycles. The van der Waals surface area contributed by atoms with E-state index in [-0.39, 0.29) is 17.6 Å².